The van der Waals surface area contributed by atoms with Crippen molar-refractivity contribution >= 4 is 34.8 Å². The minimum Gasteiger partial charge on any atom is -0.436 e. The van der Waals surface area contributed by atoms with Gasteiger partial charge in [0, 0.05) is 57.9 Å². The lowest BCUT2D eigenvalue weighted by atomic mass is 9.79. The molecule has 1 N–H and O–H groups in total. The Kier molecular flexibility index (Phi) is 9.90. The number of likely N-dealkylation sites (tertiary alicyclic amines) is 3. The Balaban J connectivity index is 1.02. The van der Waals surface area contributed by atoms with E-state index in [1.165, 1.54) is 17.4 Å². The molecule has 50 heavy (non-hydrogen) atoms. The lowest BCUT2D eigenvalue weighted by molar-refractivity contribution is -0.142. The molecule has 0 unspecified atom stereocenters. The highest BCUT2D eigenvalue weighted by Gasteiger charge is 2.37. The number of carbonyl (C=O) groups is 3. The first-order chi connectivity index (χ1) is 24.1. The summed E-state index contributed by atoms with van der Waals surface area (Å²) in [6.07, 6.45) is 5.03. The second-order valence-corrected chi connectivity index (χ2v) is 14.8. The molecule has 0 spiro atoms. The van der Waals surface area contributed by atoms with Crippen LogP contribution >= 0.6 is 0 Å². The molecule has 2 aromatic carbocycles. The van der Waals surface area contributed by atoms with Gasteiger partial charge in [0.25, 0.3) is 5.91 Å². The summed E-state index contributed by atoms with van der Waals surface area (Å²) in [6, 6.07) is 11.5. The summed E-state index contributed by atoms with van der Waals surface area (Å²) < 4.78 is 13.1. The Labute approximate surface area is 293 Å². The van der Waals surface area contributed by atoms with Gasteiger partial charge in [-0.1, -0.05) is 24.3 Å². The second kappa shape index (κ2) is 14.5. The Morgan fingerprint density at radius 1 is 0.880 bits per heavy atom. The van der Waals surface area contributed by atoms with Crippen LogP contribution in [0, 0.1) is 18.8 Å². The van der Waals surface area contributed by atoms with Gasteiger partial charge in [0.2, 0.25) is 0 Å². The smallest absolute Gasteiger partial charge is 0.419 e. The Bertz CT molecular complexity index is 1780. The predicted molar refractivity (Wildman–Crippen MR) is 190 cm³/mol. The number of ether oxygens (including phenoxy) is 1. The Morgan fingerprint density at radius 3 is 2.26 bits per heavy atom. The molecule has 3 saturated heterocycles. The van der Waals surface area contributed by atoms with Gasteiger partial charge in [0.15, 0.2) is 11.7 Å². The number of hydrogen-bond donors (Lipinski definition) is 1. The topological polar surface area (TPSA) is 121 Å². The molecular formula is C38H50N6O6. The molecule has 268 valence electrons. The first-order valence-corrected chi connectivity index (χ1v) is 18.3. The molecule has 0 aliphatic carbocycles. The third-order valence-corrected chi connectivity index (χ3v) is 11.7. The number of urea groups is 1. The van der Waals surface area contributed by atoms with E-state index in [1.54, 1.807) is 18.0 Å². The van der Waals surface area contributed by atoms with Crippen LogP contribution in [0.5, 0.6) is 0 Å². The van der Waals surface area contributed by atoms with Crippen LogP contribution in [0.4, 0.5) is 15.3 Å². The normalized spacial score (nSPS) is 20.8. The Morgan fingerprint density at radius 2 is 1.54 bits per heavy atom. The summed E-state index contributed by atoms with van der Waals surface area (Å²) in [5, 5.41) is 3.05. The van der Waals surface area contributed by atoms with Crippen molar-refractivity contribution in [3.05, 3.63) is 63.6 Å². The maximum Gasteiger partial charge on any atom is 0.419 e. The fourth-order valence-corrected chi connectivity index (χ4v) is 8.68. The SMILES string of the molecule is Cc1cc(C[C@@H](OC(=O)N2CCC(N3CCc4ccccc4NC3=O)CC2)C(=O)N2CCC(C3CCN(C)CC3)CC2)cc2oc(=O)n(C)c12. The number of piperidine rings is 3. The number of benzene rings is 2. The van der Waals surface area contributed by atoms with E-state index in [9.17, 15) is 19.2 Å². The van der Waals surface area contributed by atoms with Crippen molar-refractivity contribution in [2.45, 2.75) is 70.4 Å². The van der Waals surface area contributed by atoms with Gasteiger partial charge in [-0.3, -0.25) is 9.36 Å². The van der Waals surface area contributed by atoms with Crippen molar-refractivity contribution in [2.24, 2.45) is 18.9 Å². The van der Waals surface area contributed by atoms with E-state index in [-0.39, 0.29) is 24.4 Å². The quantitative estimate of drug-likeness (QED) is 0.402. The number of oxazole rings is 1. The predicted octanol–water partition coefficient (Wildman–Crippen LogP) is 4.62. The van der Waals surface area contributed by atoms with Crippen molar-refractivity contribution in [1.29, 1.82) is 0 Å². The van der Waals surface area contributed by atoms with E-state index < -0.39 is 18.0 Å². The number of anilines is 1. The maximum atomic E-state index is 14.2. The molecular weight excluding hydrogens is 636 g/mol. The van der Waals surface area contributed by atoms with Crippen LogP contribution < -0.4 is 11.1 Å². The fraction of sp³-hybridized carbons (Fsp3) is 0.579. The van der Waals surface area contributed by atoms with Crippen molar-refractivity contribution in [3.8, 4) is 0 Å². The van der Waals surface area contributed by atoms with Crippen molar-refractivity contribution in [3.63, 3.8) is 0 Å². The van der Waals surface area contributed by atoms with Gasteiger partial charge < -0.3 is 34.1 Å². The first kappa shape index (κ1) is 34.1. The van der Waals surface area contributed by atoms with E-state index in [1.807, 2.05) is 47.1 Å². The van der Waals surface area contributed by atoms with Gasteiger partial charge in [0.1, 0.15) is 0 Å². The van der Waals surface area contributed by atoms with Crippen molar-refractivity contribution in [1.82, 2.24) is 24.2 Å². The molecule has 0 radical (unpaired) electrons. The molecule has 12 nitrogen and oxygen atoms in total. The fourth-order valence-electron chi connectivity index (χ4n) is 8.68. The van der Waals surface area contributed by atoms with Crippen molar-refractivity contribution < 1.29 is 23.5 Å². The highest BCUT2D eigenvalue weighted by atomic mass is 16.6. The number of nitrogens with zero attached hydrogens (tertiary/aromatic N) is 5. The van der Waals surface area contributed by atoms with E-state index in [4.69, 9.17) is 9.15 Å². The highest BCUT2D eigenvalue weighted by molar-refractivity contribution is 5.91. The third-order valence-electron chi connectivity index (χ3n) is 11.7. The van der Waals surface area contributed by atoms with Gasteiger partial charge in [0.05, 0.1) is 5.52 Å². The zero-order valence-corrected chi connectivity index (χ0v) is 29.6. The molecule has 4 aliphatic heterocycles. The maximum absolute atomic E-state index is 14.2. The number of hydrogen-bond acceptors (Lipinski definition) is 7. The number of nitrogens with one attached hydrogen (secondary N) is 1. The molecule has 4 aliphatic rings. The zero-order valence-electron chi connectivity index (χ0n) is 29.6. The van der Waals surface area contributed by atoms with E-state index in [0.717, 1.165) is 54.7 Å². The summed E-state index contributed by atoms with van der Waals surface area (Å²) in [5.41, 5.74) is 4.75. The molecule has 5 heterocycles. The lowest BCUT2D eigenvalue weighted by Crippen LogP contribution is -2.52. The average Bonchev–Trinajstić information content (AvgIpc) is 3.30. The highest BCUT2D eigenvalue weighted by Crippen LogP contribution is 2.33. The van der Waals surface area contributed by atoms with Crippen LogP contribution in [0.3, 0.4) is 0 Å². The third kappa shape index (κ3) is 7.12. The second-order valence-electron chi connectivity index (χ2n) is 14.8. The number of rotatable bonds is 6. The van der Waals surface area contributed by atoms with E-state index in [2.05, 4.69) is 17.3 Å². The number of para-hydroxylation sites is 1. The van der Waals surface area contributed by atoms with Crippen LogP contribution in [-0.4, -0.2) is 107 Å². The number of fused-ring (bicyclic) bond motifs is 2. The number of aryl methyl sites for hydroxylation is 2. The van der Waals surface area contributed by atoms with Gasteiger partial charge in [-0.2, -0.15) is 0 Å². The molecule has 1 aromatic heterocycles. The average molecular weight is 687 g/mol. The summed E-state index contributed by atoms with van der Waals surface area (Å²) in [7, 11) is 3.85. The molecule has 0 bridgehead atoms. The van der Waals surface area contributed by atoms with Crippen molar-refractivity contribution in [2.75, 3.05) is 58.2 Å². The molecule has 3 fully saturated rings. The Hall–Kier alpha value is -4.32. The van der Waals surface area contributed by atoms with Crippen LogP contribution in [0.1, 0.15) is 55.2 Å². The van der Waals surface area contributed by atoms with Gasteiger partial charge in [-0.15, -0.1) is 0 Å². The number of aromatic nitrogens is 1. The molecule has 3 aromatic rings. The molecule has 7 rings (SSSR count). The lowest BCUT2D eigenvalue weighted by Gasteiger charge is -2.40. The molecule has 12 heteroatoms. The van der Waals surface area contributed by atoms with Gasteiger partial charge in [-0.25, -0.2) is 14.4 Å². The van der Waals surface area contributed by atoms with Crippen LogP contribution in [-0.2, 0) is 29.4 Å². The van der Waals surface area contributed by atoms with E-state index >= 15 is 0 Å². The van der Waals surface area contributed by atoms with Gasteiger partial charge in [-0.05, 0) is 113 Å². The first-order valence-electron chi connectivity index (χ1n) is 18.3. The number of carbonyl (C=O) groups excluding carboxylic acids is 3. The summed E-state index contributed by atoms with van der Waals surface area (Å²) in [5.74, 6) is 0.688. The zero-order chi connectivity index (χ0) is 34.9. The van der Waals surface area contributed by atoms with Gasteiger partial charge >= 0.3 is 17.9 Å². The van der Waals surface area contributed by atoms with E-state index in [0.29, 0.717) is 68.5 Å². The minimum absolute atomic E-state index is 0.00637. The minimum atomic E-state index is -1.01. The summed E-state index contributed by atoms with van der Waals surface area (Å²) >= 11 is 0. The number of amides is 4. The van der Waals surface area contributed by atoms with Crippen LogP contribution in [0.25, 0.3) is 11.1 Å². The molecule has 4 amide bonds. The molecule has 0 saturated carbocycles. The van der Waals surface area contributed by atoms with Crippen LogP contribution in [0.15, 0.2) is 45.6 Å². The molecule has 1 atom stereocenters. The summed E-state index contributed by atoms with van der Waals surface area (Å²) in [6.45, 7) is 6.96. The standard InChI is InChI=1S/C38H50N6O6/c1-25-22-26(23-32-34(25)41(3)37(47)49-32)24-33(35(45)42-17-10-28(11-18-42)27-8-15-40(2)16-9-27)50-38(48)43-19-13-30(14-20-43)44-21-12-29-6-4-5-7-31(29)39-36(44)46/h4-7,22-23,27-28,30,33H,8-21,24H2,1-3H3,(H,39,46)/t33-/m1/s1. The largest absolute Gasteiger partial charge is 0.436 e. The summed E-state index contributed by atoms with van der Waals surface area (Å²) in [4.78, 5) is 61.1. The van der Waals surface area contributed by atoms with Crippen LogP contribution in [0.2, 0.25) is 0 Å². The monoisotopic (exact) mass is 686 g/mol.